The average molecular weight is 212 g/mol. The molecule has 1 unspecified atom stereocenters. The van der Waals surface area contributed by atoms with Crippen molar-refractivity contribution >= 4 is 5.91 Å². The molecule has 1 fully saturated rings. The van der Waals surface area contributed by atoms with E-state index in [1.165, 1.54) is 19.3 Å². The van der Waals surface area contributed by atoms with Gasteiger partial charge >= 0.3 is 0 Å². The predicted octanol–water partition coefficient (Wildman–Crippen LogP) is 1.62. The van der Waals surface area contributed by atoms with E-state index in [2.05, 4.69) is 0 Å². The Balaban J connectivity index is 2.49. The number of hydrogen-bond donors (Lipinski definition) is 1. The summed E-state index contributed by atoms with van der Waals surface area (Å²) < 4.78 is 0. The van der Waals surface area contributed by atoms with E-state index in [1.807, 2.05) is 25.8 Å². The number of carbonyl (C=O) groups is 1. The molecule has 0 radical (unpaired) electrons. The van der Waals surface area contributed by atoms with Gasteiger partial charge in [-0.25, -0.2) is 0 Å². The second kappa shape index (κ2) is 4.97. The molecule has 88 valence electrons. The van der Waals surface area contributed by atoms with Crippen LogP contribution in [-0.2, 0) is 4.79 Å². The Bertz CT molecular complexity index is 220. The van der Waals surface area contributed by atoms with Gasteiger partial charge in [0.1, 0.15) is 0 Å². The Kier molecular flexibility index (Phi) is 4.14. The van der Waals surface area contributed by atoms with Crippen molar-refractivity contribution in [3.05, 3.63) is 0 Å². The lowest BCUT2D eigenvalue weighted by Crippen LogP contribution is -2.46. The minimum absolute atomic E-state index is 0.208. The summed E-state index contributed by atoms with van der Waals surface area (Å²) in [6.07, 6.45) is 4.71. The van der Waals surface area contributed by atoms with Gasteiger partial charge in [0.2, 0.25) is 5.91 Å². The van der Waals surface area contributed by atoms with Crippen LogP contribution in [0.3, 0.4) is 0 Å². The maximum Gasteiger partial charge on any atom is 0.229 e. The van der Waals surface area contributed by atoms with Gasteiger partial charge in [-0.1, -0.05) is 13.3 Å². The monoisotopic (exact) mass is 212 g/mol. The van der Waals surface area contributed by atoms with Crippen LogP contribution in [0.5, 0.6) is 0 Å². The van der Waals surface area contributed by atoms with Crippen molar-refractivity contribution in [3.8, 4) is 0 Å². The first-order valence-electron chi connectivity index (χ1n) is 5.99. The first-order chi connectivity index (χ1) is 7.03. The van der Waals surface area contributed by atoms with Gasteiger partial charge in [-0.05, 0) is 32.1 Å². The second-order valence-electron chi connectivity index (χ2n) is 5.10. The van der Waals surface area contributed by atoms with Crippen LogP contribution in [0, 0.1) is 11.3 Å². The summed E-state index contributed by atoms with van der Waals surface area (Å²) in [5.74, 6) is 0.942. The molecule has 1 saturated carbocycles. The smallest absolute Gasteiger partial charge is 0.229 e. The van der Waals surface area contributed by atoms with Gasteiger partial charge in [-0.3, -0.25) is 4.79 Å². The van der Waals surface area contributed by atoms with Gasteiger partial charge in [-0.2, -0.15) is 0 Å². The molecule has 0 aliphatic heterocycles. The molecule has 2 N–H and O–H groups in total. The molecule has 1 amide bonds. The Hall–Kier alpha value is -0.570. The van der Waals surface area contributed by atoms with Crippen LogP contribution in [0.25, 0.3) is 0 Å². The number of nitrogens with two attached hydrogens (primary N) is 1. The van der Waals surface area contributed by atoms with Crippen molar-refractivity contribution in [1.29, 1.82) is 0 Å². The van der Waals surface area contributed by atoms with Crippen LogP contribution in [0.15, 0.2) is 0 Å². The molecule has 15 heavy (non-hydrogen) atoms. The Morgan fingerprint density at radius 2 is 2.13 bits per heavy atom. The van der Waals surface area contributed by atoms with E-state index >= 15 is 0 Å². The van der Waals surface area contributed by atoms with Crippen molar-refractivity contribution in [2.45, 2.75) is 39.5 Å². The van der Waals surface area contributed by atoms with Crippen molar-refractivity contribution in [1.82, 2.24) is 4.90 Å². The summed E-state index contributed by atoms with van der Waals surface area (Å²) >= 11 is 0. The molecule has 3 nitrogen and oxygen atoms in total. The highest BCUT2D eigenvalue weighted by molar-refractivity contribution is 5.82. The van der Waals surface area contributed by atoms with Crippen molar-refractivity contribution in [3.63, 3.8) is 0 Å². The number of hydrogen-bond acceptors (Lipinski definition) is 2. The van der Waals surface area contributed by atoms with Crippen molar-refractivity contribution in [2.75, 3.05) is 20.1 Å². The molecule has 0 aromatic heterocycles. The molecular formula is C12H24N2O. The van der Waals surface area contributed by atoms with Crippen molar-refractivity contribution in [2.24, 2.45) is 17.1 Å². The third kappa shape index (κ3) is 2.71. The Labute approximate surface area is 93.0 Å². The van der Waals surface area contributed by atoms with E-state index in [-0.39, 0.29) is 11.3 Å². The highest BCUT2D eigenvalue weighted by Crippen LogP contribution is 2.29. The average Bonchev–Trinajstić information content (AvgIpc) is 2.20. The van der Waals surface area contributed by atoms with Crippen LogP contribution < -0.4 is 5.73 Å². The summed E-state index contributed by atoms with van der Waals surface area (Å²) in [7, 11) is 1.91. The number of carbonyl (C=O) groups excluding carboxylic acids is 1. The SMILES string of the molecule is CCC(C)(CN)C(=O)N(C)CC1CCC1. The van der Waals surface area contributed by atoms with Crippen LogP contribution in [0.4, 0.5) is 0 Å². The van der Waals surface area contributed by atoms with E-state index in [0.717, 1.165) is 18.9 Å². The predicted molar refractivity (Wildman–Crippen MR) is 62.4 cm³/mol. The minimum Gasteiger partial charge on any atom is -0.345 e. The van der Waals surface area contributed by atoms with Gasteiger partial charge < -0.3 is 10.6 Å². The molecule has 0 saturated heterocycles. The lowest BCUT2D eigenvalue weighted by Gasteiger charge is -2.35. The topological polar surface area (TPSA) is 46.3 Å². The maximum absolute atomic E-state index is 12.1. The minimum atomic E-state index is -0.363. The summed E-state index contributed by atoms with van der Waals surface area (Å²) in [6.45, 7) is 5.35. The molecule has 1 rings (SSSR count). The fraction of sp³-hybridized carbons (Fsp3) is 0.917. The molecule has 0 aromatic rings. The summed E-state index contributed by atoms with van der Waals surface area (Å²) in [5.41, 5.74) is 5.32. The van der Waals surface area contributed by atoms with E-state index in [9.17, 15) is 4.79 Å². The maximum atomic E-state index is 12.1. The largest absolute Gasteiger partial charge is 0.345 e. The van der Waals surface area contributed by atoms with Crippen LogP contribution in [0.2, 0.25) is 0 Å². The van der Waals surface area contributed by atoms with E-state index in [1.54, 1.807) is 0 Å². The molecular weight excluding hydrogens is 188 g/mol. The Morgan fingerprint density at radius 1 is 1.53 bits per heavy atom. The fourth-order valence-corrected chi connectivity index (χ4v) is 1.99. The molecule has 0 spiro atoms. The van der Waals surface area contributed by atoms with Crippen molar-refractivity contribution < 1.29 is 4.79 Å². The van der Waals surface area contributed by atoms with Gasteiger partial charge in [0.25, 0.3) is 0 Å². The molecule has 1 aliphatic carbocycles. The highest BCUT2D eigenvalue weighted by atomic mass is 16.2. The normalized spacial score (nSPS) is 20.5. The number of rotatable bonds is 5. The zero-order valence-corrected chi connectivity index (χ0v) is 10.3. The summed E-state index contributed by atoms with van der Waals surface area (Å²) in [6, 6.07) is 0. The summed E-state index contributed by atoms with van der Waals surface area (Å²) in [5, 5.41) is 0. The van der Waals surface area contributed by atoms with Gasteiger partial charge in [0.05, 0.1) is 5.41 Å². The third-order valence-corrected chi connectivity index (χ3v) is 3.85. The Morgan fingerprint density at radius 3 is 2.47 bits per heavy atom. The number of amides is 1. The fourth-order valence-electron chi connectivity index (χ4n) is 1.99. The van der Waals surface area contributed by atoms with E-state index in [4.69, 9.17) is 5.73 Å². The summed E-state index contributed by atoms with van der Waals surface area (Å²) in [4.78, 5) is 14.0. The molecule has 0 heterocycles. The first kappa shape index (κ1) is 12.5. The second-order valence-corrected chi connectivity index (χ2v) is 5.10. The lowest BCUT2D eigenvalue weighted by molar-refractivity contribution is -0.140. The van der Waals surface area contributed by atoms with E-state index < -0.39 is 0 Å². The van der Waals surface area contributed by atoms with Crippen LogP contribution >= 0.6 is 0 Å². The van der Waals surface area contributed by atoms with Gasteiger partial charge in [0.15, 0.2) is 0 Å². The van der Waals surface area contributed by atoms with E-state index in [0.29, 0.717) is 6.54 Å². The lowest BCUT2D eigenvalue weighted by atomic mass is 9.83. The zero-order valence-electron chi connectivity index (χ0n) is 10.3. The first-order valence-corrected chi connectivity index (χ1v) is 5.99. The van der Waals surface area contributed by atoms with Gasteiger partial charge in [-0.15, -0.1) is 0 Å². The molecule has 3 heteroatoms. The molecule has 1 aliphatic rings. The van der Waals surface area contributed by atoms with Crippen LogP contribution in [0.1, 0.15) is 39.5 Å². The molecule has 0 bridgehead atoms. The standard InChI is InChI=1S/C12H24N2O/c1-4-12(2,9-13)11(15)14(3)8-10-6-5-7-10/h10H,4-9,13H2,1-3H3. The molecule has 1 atom stereocenters. The number of nitrogens with zero attached hydrogens (tertiary/aromatic N) is 1. The van der Waals surface area contributed by atoms with Gasteiger partial charge in [0, 0.05) is 20.1 Å². The third-order valence-electron chi connectivity index (χ3n) is 3.85. The highest BCUT2D eigenvalue weighted by Gasteiger charge is 2.33. The zero-order chi connectivity index (χ0) is 11.5. The quantitative estimate of drug-likeness (QED) is 0.752. The molecule has 0 aromatic carbocycles. The van der Waals surface area contributed by atoms with Crippen LogP contribution in [-0.4, -0.2) is 30.9 Å².